The molecule has 33 heavy (non-hydrogen) atoms. The maximum Gasteiger partial charge on any atom is 0.174 e. The first kappa shape index (κ1) is 22.6. The molecule has 4 nitrogen and oxygen atoms in total. The Bertz CT molecular complexity index is 1140. The number of rotatable bonds is 4. The maximum atomic E-state index is 6.90. The number of nitrogens with zero attached hydrogens (tertiary/aromatic N) is 3. The predicted octanol–water partition coefficient (Wildman–Crippen LogP) is 6.76. The number of aromatic nitrogens is 1. The first-order valence-electron chi connectivity index (χ1n) is 11.5. The minimum Gasteiger partial charge on any atom is -0.370 e. The van der Waals surface area contributed by atoms with Crippen molar-refractivity contribution in [2.45, 2.75) is 39.3 Å². The van der Waals surface area contributed by atoms with Crippen molar-refractivity contribution in [3.8, 4) is 0 Å². The van der Waals surface area contributed by atoms with Gasteiger partial charge in [0.1, 0.15) is 0 Å². The van der Waals surface area contributed by atoms with Crippen molar-refractivity contribution in [3.63, 3.8) is 0 Å². The summed E-state index contributed by atoms with van der Waals surface area (Å²) < 4.78 is 0. The van der Waals surface area contributed by atoms with Gasteiger partial charge in [-0.2, -0.15) is 0 Å². The Morgan fingerprint density at radius 1 is 1.12 bits per heavy atom. The molecule has 1 N–H and O–H groups in total. The van der Waals surface area contributed by atoms with E-state index in [1.54, 1.807) is 11.3 Å². The van der Waals surface area contributed by atoms with Gasteiger partial charge in [-0.25, -0.2) is 0 Å². The topological polar surface area (TPSA) is 31.4 Å². The first-order valence-corrected chi connectivity index (χ1v) is 13.2. The van der Waals surface area contributed by atoms with Crippen LogP contribution < -0.4 is 15.1 Å². The average Bonchev–Trinajstić information content (AvgIpc) is 3.35. The first-order chi connectivity index (χ1) is 15.9. The van der Waals surface area contributed by atoms with E-state index in [1.807, 2.05) is 18.3 Å². The molecule has 172 valence electrons. The zero-order valence-corrected chi connectivity index (χ0v) is 21.6. The number of anilines is 2. The second-order valence-electron chi connectivity index (χ2n) is 9.45. The van der Waals surface area contributed by atoms with E-state index in [0.717, 1.165) is 35.2 Å². The summed E-state index contributed by atoms with van der Waals surface area (Å²) in [7, 11) is 0. The molecule has 5 rings (SSSR count). The Morgan fingerprint density at radius 3 is 2.55 bits per heavy atom. The van der Waals surface area contributed by atoms with Gasteiger partial charge in [0.15, 0.2) is 5.11 Å². The van der Waals surface area contributed by atoms with Gasteiger partial charge >= 0.3 is 0 Å². The smallest absolute Gasteiger partial charge is 0.174 e. The van der Waals surface area contributed by atoms with Crippen LogP contribution in [-0.2, 0) is 0 Å². The molecule has 0 radical (unpaired) electrons. The zero-order chi connectivity index (χ0) is 23.1. The van der Waals surface area contributed by atoms with E-state index < -0.39 is 0 Å². The van der Waals surface area contributed by atoms with Crippen LogP contribution in [-0.4, -0.2) is 23.2 Å². The Kier molecular flexibility index (Phi) is 6.34. The van der Waals surface area contributed by atoms with E-state index in [9.17, 15) is 0 Å². The quantitative estimate of drug-likeness (QED) is 0.403. The van der Waals surface area contributed by atoms with Gasteiger partial charge in [-0.05, 0) is 84.7 Å². The summed E-state index contributed by atoms with van der Waals surface area (Å²) in [4.78, 5) is 10.6. The molecule has 0 unspecified atom stereocenters. The summed E-state index contributed by atoms with van der Waals surface area (Å²) in [5.74, 6) is 1.34. The summed E-state index contributed by atoms with van der Waals surface area (Å²) >= 11 is 14.5. The lowest BCUT2D eigenvalue weighted by Crippen LogP contribution is -2.38. The Morgan fingerprint density at radius 2 is 1.91 bits per heavy atom. The normalized spacial score (nSPS) is 25.4. The molecule has 0 bridgehead atoms. The highest BCUT2D eigenvalue weighted by molar-refractivity contribution is 7.80. The highest BCUT2D eigenvalue weighted by atomic mass is 35.5. The summed E-state index contributed by atoms with van der Waals surface area (Å²) in [6.45, 7) is 8.91. The molecule has 4 atom stereocenters. The van der Waals surface area contributed by atoms with Crippen molar-refractivity contribution in [1.29, 1.82) is 0 Å². The van der Waals surface area contributed by atoms with Crippen molar-refractivity contribution in [2.75, 3.05) is 22.9 Å². The van der Waals surface area contributed by atoms with Crippen LogP contribution in [0.1, 0.15) is 48.5 Å². The van der Waals surface area contributed by atoms with Crippen LogP contribution in [0.5, 0.6) is 0 Å². The maximum absolute atomic E-state index is 6.90. The molecular formula is C26H29ClN4S2. The lowest BCUT2D eigenvalue weighted by Gasteiger charge is -2.37. The van der Waals surface area contributed by atoms with Crippen LogP contribution in [0, 0.1) is 18.8 Å². The van der Waals surface area contributed by atoms with Gasteiger partial charge in [0.25, 0.3) is 0 Å². The van der Waals surface area contributed by atoms with Gasteiger partial charge in [0.05, 0.1) is 28.5 Å². The van der Waals surface area contributed by atoms with Crippen molar-refractivity contribution < 1.29 is 0 Å². The van der Waals surface area contributed by atoms with Crippen LogP contribution in [0.25, 0.3) is 0 Å². The van der Waals surface area contributed by atoms with Gasteiger partial charge in [-0.3, -0.25) is 4.98 Å². The molecule has 4 heterocycles. The van der Waals surface area contributed by atoms with Crippen molar-refractivity contribution >= 4 is 51.6 Å². The Hall–Kier alpha value is -2.15. The molecule has 3 aromatic rings. The van der Waals surface area contributed by atoms with Gasteiger partial charge < -0.3 is 15.1 Å². The predicted molar refractivity (Wildman–Crippen MR) is 144 cm³/mol. The van der Waals surface area contributed by atoms with Gasteiger partial charge in [0.2, 0.25) is 0 Å². The third kappa shape index (κ3) is 4.36. The van der Waals surface area contributed by atoms with E-state index in [-0.39, 0.29) is 12.1 Å². The van der Waals surface area contributed by atoms with Crippen LogP contribution >= 0.6 is 35.2 Å². The lowest BCUT2D eigenvalue weighted by atomic mass is 9.91. The largest absolute Gasteiger partial charge is 0.370 e. The van der Waals surface area contributed by atoms with Crippen LogP contribution in [0.3, 0.4) is 0 Å². The summed E-state index contributed by atoms with van der Waals surface area (Å²) in [6, 6.07) is 14.6. The van der Waals surface area contributed by atoms with Gasteiger partial charge in [0, 0.05) is 29.9 Å². The number of halogens is 1. The number of thiophene rings is 1. The molecule has 2 aromatic heterocycles. The second kappa shape index (κ2) is 9.24. The number of piperidine rings is 1. The van der Waals surface area contributed by atoms with Gasteiger partial charge in [-0.1, -0.05) is 31.5 Å². The molecule has 0 amide bonds. The van der Waals surface area contributed by atoms with E-state index in [2.05, 4.69) is 76.6 Å². The van der Waals surface area contributed by atoms with E-state index in [4.69, 9.17) is 23.8 Å². The fourth-order valence-electron chi connectivity index (χ4n) is 5.35. The number of pyridine rings is 1. The number of hydrogen-bond donors (Lipinski definition) is 1. The van der Waals surface area contributed by atoms with Crippen molar-refractivity contribution in [3.05, 3.63) is 75.2 Å². The third-order valence-electron chi connectivity index (χ3n) is 6.69. The highest BCUT2D eigenvalue weighted by Gasteiger charge is 2.42. The standard InChI is InChI=1S/C26H29ClN4S2/c1-16-12-17(2)15-30(14-16)22-8-7-19(13-20(22)27)31-24(25-18(3)9-11-33-25)23(29-26(31)32)21-6-4-5-10-28-21/h4-11,13,16-17,23-24H,12,14-15H2,1-3H3,(H,29,32)/t16-,17-,23-,24-/m0/s1. The van der Waals surface area contributed by atoms with Crippen molar-refractivity contribution in [2.24, 2.45) is 11.8 Å². The SMILES string of the molecule is Cc1ccsc1[C@@H]1[C@H](c2ccccn2)NC(=S)N1c1ccc(N2C[C@@H](C)C[C@H](C)C2)c(Cl)c1. The van der Waals surface area contributed by atoms with E-state index in [1.165, 1.54) is 16.9 Å². The molecule has 0 saturated carbocycles. The fourth-order valence-corrected chi connectivity index (χ4v) is 7.04. The molecule has 2 saturated heterocycles. The number of benzene rings is 1. The Balaban J connectivity index is 1.52. The van der Waals surface area contributed by atoms with Crippen molar-refractivity contribution in [1.82, 2.24) is 10.3 Å². The summed E-state index contributed by atoms with van der Waals surface area (Å²) in [5, 5.41) is 7.17. The third-order valence-corrected chi connectivity index (χ3v) is 8.39. The summed E-state index contributed by atoms with van der Waals surface area (Å²) in [6.07, 6.45) is 3.12. The minimum atomic E-state index is -0.0294. The Labute approximate surface area is 210 Å². The minimum absolute atomic E-state index is 0.0179. The fraction of sp³-hybridized carbons (Fsp3) is 0.385. The lowest BCUT2D eigenvalue weighted by molar-refractivity contribution is 0.357. The van der Waals surface area contributed by atoms with Crippen LogP contribution in [0.4, 0.5) is 11.4 Å². The van der Waals surface area contributed by atoms with E-state index in [0.29, 0.717) is 16.9 Å². The molecule has 7 heteroatoms. The second-order valence-corrected chi connectivity index (χ2v) is 11.2. The summed E-state index contributed by atoms with van der Waals surface area (Å²) in [5.41, 5.74) is 4.37. The molecule has 1 aromatic carbocycles. The zero-order valence-electron chi connectivity index (χ0n) is 19.2. The van der Waals surface area contributed by atoms with Crippen LogP contribution in [0.2, 0.25) is 5.02 Å². The molecule has 2 aliphatic rings. The highest BCUT2D eigenvalue weighted by Crippen LogP contribution is 2.45. The van der Waals surface area contributed by atoms with Gasteiger partial charge in [-0.15, -0.1) is 11.3 Å². The molecule has 2 fully saturated rings. The van der Waals surface area contributed by atoms with Crippen LogP contribution in [0.15, 0.2) is 54.0 Å². The monoisotopic (exact) mass is 496 g/mol. The molecule has 0 spiro atoms. The number of thiocarbonyl (C=S) groups is 1. The number of hydrogen-bond acceptors (Lipinski definition) is 4. The molecule has 0 aliphatic carbocycles. The number of nitrogens with one attached hydrogen (secondary N) is 1. The van der Waals surface area contributed by atoms with E-state index >= 15 is 0 Å². The molecular weight excluding hydrogens is 468 g/mol. The molecule has 2 aliphatic heterocycles. The average molecular weight is 497 g/mol. The number of aryl methyl sites for hydroxylation is 1.